The monoisotopic (exact) mass is 235 g/mol. The summed E-state index contributed by atoms with van der Waals surface area (Å²) in [4.78, 5) is 12.6. The van der Waals surface area contributed by atoms with E-state index in [1.54, 1.807) is 19.1 Å². The average molecular weight is 235 g/mol. The zero-order valence-electron chi connectivity index (χ0n) is 10.1. The van der Waals surface area contributed by atoms with Crippen LogP contribution >= 0.6 is 0 Å². The van der Waals surface area contributed by atoms with Gasteiger partial charge in [0.25, 0.3) is 0 Å². The van der Waals surface area contributed by atoms with Crippen LogP contribution in [0, 0.1) is 0 Å². The Hall–Kier alpha value is -0.690. The summed E-state index contributed by atoms with van der Waals surface area (Å²) in [5, 5.41) is 18.4. The third kappa shape index (κ3) is 6.02. The molecule has 0 aliphatic carbocycles. The summed E-state index contributed by atoms with van der Waals surface area (Å²) in [5.41, 5.74) is -1.75. The minimum absolute atomic E-state index is 0.0506. The lowest BCUT2D eigenvalue weighted by molar-refractivity contribution is -0.158. The minimum atomic E-state index is -1.75. The molecule has 16 heavy (non-hydrogen) atoms. The number of nitrogens with zero attached hydrogens (tertiary/aromatic N) is 1. The Morgan fingerprint density at radius 3 is 2.00 bits per heavy atom. The molecule has 0 spiro atoms. The molecule has 6 nitrogen and oxygen atoms in total. The van der Waals surface area contributed by atoms with Crippen molar-refractivity contribution in [2.75, 3.05) is 47.1 Å². The maximum absolute atomic E-state index is 10.8. The van der Waals surface area contributed by atoms with Gasteiger partial charge in [0, 0.05) is 33.9 Å². The predicted molar refractivity (Wildman–Crippen MR) is 58.5 cm³/mol. The smallest absolute Gasteiger partial charge is 0.336 e. The first-order valence-electron chi connectivity index (χ1n) is 5.10. The van der Waals surface area contributed by atoms with Crippen LogP contribution in [0.5, 0.6) is 0 Å². The first-order valence-corrected chi connectivity index (χ1v) is 5.10. The predicted octanol–water partition coefficient (Wildman–Crippen LogP) is -0.583. The average Bonchev–Trinajstić information content (AvgIpc) is 2.21. The number of carboxylic acid groups (broad SMARTS) is 1. The van der Waals surface area contributed by atoms with E-state index in [0.29, 0.717) is 26.3 Å². The summed E-state index contributed by atoms with van der Waals surface area (Å²) in [6.45, 7) is 3.42. The highest BCUT2D eigenvalue weighted by Crippen LogP contribution is 2.06. The highest BCUT2D eigenvalue weighted by molar-refractivity contribution is 5.76. The highest BCUT2D eigenvalue weighted by Gasteiger charge is 2.32. The number of carboxylic acids is 1. The maximum atomic E-state index is 10.8. The Kier molecular flexibility index (Phi) is 7.24. The number of rotatable bonds is 9. The number of hydrogen-bond donors (Lipinski definition) is 2. The van der Waals surface area contributed by atoms with Crippen LogP contribution in [0.15, 0.2) is 0 Å². The van der Waals surface area contributed by atoms with Crippen molar-refractivity contribution in [3.63, 3.8) is 0 Å². The molecule has 0 bridgehead atoms. The van der Waals surface area contributed by atoms with E-state index in [1.807, 2.05) is 0 Å². The second-order valence-corrected chi connectivity index (χ2v) is 3.84. The van der Waals surface area contributed by atoms with Crippen molar-refractivity contribution in [2.24, 2.45) is 0 Å². The van der Waals surface area contributed by atoms with E-state index in [2.05, 4.69) is 0 Å². The fraction of sp³-hybridized carbons (Fsp3) is 0.900. The molecule has 0 fully saturated rings. The zero-order valence-corrected chi connectivity index (χ0v) is 10.1. The van der Waals surface area contributed by atoms with Crippen LogP contribution in [0.2, 0.25) is 0 Å². The van der Waals surface area contributed by atoms with Crippen LogP contribution in [0.1, 0.15) is 6.92 Å². The Balaban J connectivity index is 4.22. The first-order chi connectivity index (χ1) is 7.44. The highest BCUT2D eigenvalue weighted by atomic mass is 16.5. The lowest BCUT2D eigenvalue weighted by Crippen LogP contribution is -2.48. The maximum Gasteiger partial charge on any atom is 0.336 e. The second-order valence-electron chi connectivity index (χ2n) is 3.84. The van der Waals surface area contributed by atoms with Gasteiger partial charge >= 0.3 is 5.97 Å². The number of ether oxygens (including phenoxy) is 2. The minimum Gasteiger partial charge on any atom is -0.479 e. The molecule has 0 radical (unpaired) electrons. The fourth-order valence-electron chi connectivity index (χ4n) is 1.21. The molecule has 0 aromatic rings. The van der Waals surface area contributed by atoms with E-state index in [9.17, 15) is 9.90 Å². The van der Waals surface area contributed by atoms with Crippen molar-refractivity contribution in [2.45, 2.75) is 12.5 Å². The molecule has 0 amide bonds. The van der Waals surface area contributed by atoms with Crippen molar-refractivity contribution in [1.29, 1.82) is 0 Å². The van der Waals surface area contributed by atoms with Crippen LogP contribution in [-0.2, 0) is 14.3 Å². The molecular formula is C10H21NO5. The van der Waals surface area contributed by atoms with Gasteiger partial charge in [0.05, 0.1) is 13.2 Å². The summed E-state index contributed by atoms with van der Waals surface area (Å²) in [5.74, 6) is -1.23. The van der Waals surface area contributed by atoms with Gasteiger partial charge in [-0.05, 0) is 6.92 Å². The van der Waals surface area contributed by atoms with Gasteiger partial charge < -0.3 is 19.7 Å². The Morgan fingerprint density at radius 1 is 1.25 bits per heavy atom. The largest absolute Gasteiger partial charge is 0.479 e. The molecule has 1 unspecified atom stereocenters. The molecule has 0 rings (SSSR count). The quantitative estimate of drug-likeness (QED) is 0.556. The molecule has 6 heteroatoms. The molecule has 2 N–H and O–H groups in total. The van der Waals surface area contributed by atoms with Crippen LogP contribution in [0.4, 0.5) is 0 Å². The third-order valence-corrected chi connectivity index (χ3v) is 2.22. The van der Waals surface area contributed by atoms with E-state index >= 15 is 0 Å². The lowest BCUT2D eigenvalue weighted by atomic mass is 10.1. The first kappa shape index (κ1) is 15.3. The molecular weight excluding hydrogens is 214 g/mol. The lowest BCUT2D eigenvalue weighted by Gasteiger charge is -2.28. The van der Waals surface area contributed by atoms with Gasteiger partial charge in [0.15, 0.2) is 5.60 Å². The molecule has 0 aromatic carbocycles. The Labute approximate surface area is 95.8 Å². The van der Waals surface area contributed by atoms with Gasteiger partial charge in [0.1, 0.15) is 0 Å². The van der Waals surface area contributed by atoms with Crippen molar-refractivity contribution < 1.29 is 24.5 Å². The molecule has 0 aliphatic rings. The molecule has 0 heterocycles. The number of hydrogen-bond acceptors (Lipinski definition) is 5. The number of aliphatic hydroxyl groups is 1. The van der Waals surface area contributed by atoms with Crippen LogP contribution in [0.25, 0.3) is 0 Å². The summed E-state index contributed by atoms with van der Waals surface area (Å²) in [7, 11) is 3.15. The molecule has 96 valence electrons. The van der Waals surface area contributed by atoms with Gasteiger partial charge in [-0.2, -0.15) is 0 Å². The number of aliphatic carboxylic acids is 1. The van der Waals surface area contributed by atoms with E-state index < -0.39 is 11.6 Å². The fourth-order valence-corrected chi connectivity index (χ4v) is 1.21. The van der Waals surface area contributed by atoms with Gasteiger partial charge in [-0.15, -0.1) is 0 Å². The van der Waals surface area contributed by atoms with Crippen molar-refractivity contribution >= 4 is 5.97 Å². The van der Waals surface area contributed by atoms with Crippen LogP contribution in [-0.4, -0.2) is 73.8 Å². The van der Waals surface area contributed by atoms with Gasteiger partial charge in [-0.1, -0.05) is 0 Å². The van der Waals surface area contributed by atoms with Crippen LogP contribution < -0.4 is 0 Å². The topological polar surface area (TPSA) is 79.2 Å². The van der Waals surface area contributed by atoms with Gasteiger partial charge in [-0.25, -0.2) is 4.79 Å². The molecule has 1 atom stereocenters. The van der Waals surface area contributed by atoms with Crippen molar-refractivity contribution in [3.8, 4) is 0 Å². The van der Waals surface area contributed by atoms with Gasteiger partial charge in [-0.3, -0.25) is 4.90 Å². The standard InChI is InChI=1S/C10H21NO5/c1-10(14,9(12)13)8-11(4-6-15-2)5-7-16-3/h14H,4-8H2,1-3H3,(H,12,13). The molecule has 0 aliphatic heterocycles. The Bertz CT molecular complexity index is 199. The van der Waals surface area contributed by atoms with E-state index in [-0.39, 0.29) is 6.54 Å². The Morgan fingerprint density at radius 2 is 1.69 bits per heavy atom. The van der Waals surface area contributed by atoms with E-state index in [4.69, 9.17) is 14.6 Å². The SMILES string of the molecule is COCCN(CCOC)CC(C)(O)C(=O)O. The number of carbonyl (C=O) groups is 1. The summed E-state index contributed by atoms with van der Waals surface area (Å²) < 4.78 is 9.83. The second kappa shape index (κ2) is 7.56. The summed E-state index contributed by atoms with van der Waals surface area (Å²) in [6.07, 6.45) is 0. The number of methoxy groups -OCH3 is 2. The molecule has 0 saturated heterocycles. The zero-order chi connectivity index (χ0) is 12.6. The van der Waals surface area contributed by atoms with Crippen molar-refractivity contribution in [3.05, 3.63) is 0 Å². The molecule has 0 saturated carbocycles. The van der Waals surface area contributed by atoms with Crippen molar-refractivity contribution in [1.82, 2.24) is 4.90 Å². The normalized spacial score (nSPS) is 15.1. The van der Waals surface area contributed by atoms with Gasteiger partial charge in [0.2, 0.25) is 0 Å². The summed E-state index contributed by atoms with van der Waals surface area (Å²) >= 11 is 0. The van der Waals surface area contributed by atoms with Crippen LogP contribution in [0.3, 0.4) is 0 Å². The molecule has 0 aromatic heterocycles. The third-order valence-electron chi connectivity index (χ3n) is 2.22. The summed E-state index contributed by atoms with van der Waals surface area (Å²) in [6, 6.07) is 0. The van der Waals surface area contributed by atoms with E-state index in [1.165, 1.54) is 6.92 Å². The van der Waals surface area contributed by atoms with E-state index in [0.717, 1.165) is 0 Å².